The van der Waals surface area contributed by atoms with E-state index in [1.807, 2.05) is 13.8 Å². The summed E-state index contributed by atoms with van der Waals surface area (Å²) >= 11 is 5.52. The van der Waals surface area contributed by atoms with Gasteiger partial charge in [-0.2, -0.15) is 0 Å². The number of aliphatic hydroxyl groups is 1. The Morgan fingerprint density at radius 1 is 1.28 bits per heavy atom. The number of alkyl halides is 2. The van der Waals surface area contributed by atoms with Gasteiger partial charge in [0.25, 0.3) is 0 Å². The number of ketones is 1. The number of hydrogen-bond acceptors (Lipinski definition) is 6. The zero-order valence-electron chi connectivity index (χ0n) is 19.0. The highest BCUT2D eigenvalue weighted by atomic mass is 32.1. The Kier molecular flexibility index (Phi) is 5.26. The predicted octanol–water partition coefficient (Wildman–Crippen LogP) is 3.83. The van der Waals surface area contributed by atoms with Gasteiger partial charge in [0, 0.05) is 29.6 Å². The van der Waals surface area contributed by atoms with Crippen LogP contribution in [0.15, 0.2) is 23.8 Å². The second-order valence-corrected chi connectivity index (χ2v) is 10.7. The molecule has 3 fully saturated rings. The summed E-state index contributed by atoms with van der Waals surface area (Å²) < 4.78 is 43.9. The minimum Gasteiger partial charge on any atom is -0.487 e. The first kappa shape index (κ1) is 23.5. The quantitative estimate of drug-likeness (QED) is 0.491. The first-order chi connectivity index (χ1) is 14.8. The van der Waals surface area contributed by atoms with Crippen molar-refractivity contribution in [3.63, 3.8) is 0 Å². The van der Waals surface area contributed by atoms with Crippen molar-refractivity contribution >= 4 is 29.0 Å². The lowest BCUT2D eigenvalue weighted by atomic mass is 9.44. The number of carbonyl (C=O) groups is 2. The maximum absolute atomic E-state index is 17.2. The van der Waals surface area contributed by atoms with Crippen LogP contribution in [-0.2, 0) is 19.1 Å². The van der Waals surface area contributed by atoms with Crippen LogP contribution >= 0.6 is 12.2 Å². The van der Waals surface area contributed by atoms with Gasteiger partial charge < -0.3 is 14.6 Å². The molecule has 1 N–H and O–H groups in total. The van der Waals surface area contributed by atoms with E-state index in [0.717, 1.165) is 0 Å². The number of allylic oxidation sites excluding steroid dienone is 4. The number of thiocarbonyl (C=S) groups is 1. The van der Waals surface area contributed by atoms with Gasteiger partial charge in [-0.3, -0.25) is 9.59 Å². The largest absolute Gasteiger partial charge is 0.487 e. The molecule has 0 bridgehead atoms. The molecule has 32 heavy (non-hydrogen) atoms. The smallest absolute Gasteiger partial charge is 0.303 e. The predicted molar refractivity (Wildman–Crippen MR) is 117 cm³/mol. The van der Waals surface area contributed by atoms with Crippen LogP contribution in [0.5, 0.6) is 0 Å². The molecule has 5 nitrogen and oxygen atoms in total. The summed E-state index contributed by atoms with van der Waals surface area (Å²) in [4.78, 5) is 24.1. The van der Waals surface area contributed by atoms with Crippen LogP contribution in [0, 0.1) is 28.6 Å². The van der Waals surface area contributed by atoms with Crippen LogP contribution in [0.2, 0.25) is 0 Å². The maximum atomic E-state index is 17.2. The lowest BCUT2D eigenvalue weighted by Crippen LogP contribution is -2.70. The highest BCUT2D eigenvalue weighted by Gasteiger charge is 2.77. The molecule has 0 heterocycles. The molecule has 0 amide bonds. The van der Waals surface area contributed by atoms with E-state index in [-0.39, 0.29) is 35.2 Å². The van der Waals surface area contributed by atoms with Crippen molar-refractivity contribution in [1.29, 1.82) is 0 Å². The van der Waals surface area contributed by atoms with E-state index in [4.69, 9.17) is 21.7 Å². The molecule has 0 unspecified atom stereocenters. The molecular formula is C24H30F2O5S. The summed E-state index contributed by atoms with van der Waals surface area (Å²) in [7, 11) is 1.40. The molecule has 0 saturated heterocycles. The van der Waals surface area contributed by atoms with E-state index in [9.17, 15) is 14.7 Å². The van der Waals surface area contributed by atoms with Crippen LogP contribution in [0.3, 0.4) is 0 Å². The summed E-state index contributed by atoms with van der Waals surface area (Å²) in [6.45, 7) is 6.54. The molecule has 0 radical (unpaired) electrons. The van der Waals surface area contributed by atoms with Gasteiger partial charge in [0.2, 0.25) is 5.05 Å². The normalized spacial score (nSPS) is 49.4. The SMILES string of the molecule is COC(=S)[C@@]1(OC(C)=O)[C@H](C)C[C@H]2[C@@H]3C[C@H](F)C4=CC(=O)C=C[C@]4(C)[C@@]3(F)[C@@H](O)C[C@@]21C. The molecule has 4 rings (SSSR count). The van der Waals surface area contributed by atoms with Crippen LogP contribution < -0.4 is 0 Å². The van der Waals surface area contributed by atoms with Crippen molar-refractivity contribution < 1.29 is 33.0 Å². The van der Waals surface area contributed by atoms with Crippen molar-refractivity contribution in [3.05, 3.63) is 23.8 Å². The standard InChI is InChI=1S/C24H30F2O5S/c1-12-8-15-16-10-18(25)17-9-14(28)6-7-21(17,3)23(16,26)19(29)11-22(15,4)24(12,20(32)30-5)31-13(2)27/h6-7,9,12,15-16,18-19,29H,8,10-11H2,1-5H3/t12-,15+,16+,18+,19+,21+,22+,23+,24+/m1/s1. The van der Waals surface area contributed by atoms with Crippen LogP contribution in [0.1, 0.15) is 47.0 Å². The molecule has 0 aromatic rings. The van der Waals surface area contributed by atoms with Crippen LogP contribution in [-0.4, -0.2) is 52.6 Å². The van der Waals surface area contributed by atoms with Gasteiger partial charge in [-0.25, -0.2) is 8.78 Å². The number of hydrogen-bond donors (Lipinski definition) is 1. The van der Waals surface area contributed by atoms with Gasteiger partial charge in [0.15, 0.2) is 17.1 Å². The van der Waals surface area contributed by atoms with E-state index in [0.29, 0.717) is 6.42 Å². The summed E-state index contributed by atoms with van der Waals surface area (Å²) in [5.74, 6) is -2.56. The second kappa shape index (κ2) is 7.16. The molecular weight excluding hydrogens is 438 g/mol. The van der Waals surface area contributed by atoms with Gasteiger partial charge in [-0.15, -0.1) is 0 Å². The van der Waals surface area contributed by atoms with E-state index in [1.165, 1.54) is 32.3 Å². The van der Waals surface area contributed by atoms with Gasteiger partial charge in [0.1, 0.15) is 6.17 Å². The topological polar surface area (TPSA) is 72.8 Å². The Morgan fingerprint density at radius 3 is 2.53 bits per heavy atom. The average Bonchev–Trinajstić information content (AvgIpc) is 2.92. The number of esters is 1. The summed E-state index contributed by atoms with van der Waals surface area (Å²) in [5, 5.41) is 11.4. The Morgan fingerprint density at radius 2 is 1.94 bits per heavy atom. The highest BCUT2D eigenvalue weighted by Crippen LogP contribution is 2.71. The van der Waals surface area contributed by atoms with E-state index < -0.39 is 52.2 Å². The number of halogens is 2. The number of aliphatic hydroxyl groups excluding tert-OH is 1. The molecule has 0 aromatic heterocycles. The summed E-state index contributed by atoms with van der Waals surface area (Å²) in [6.07, 6.45) is 1.03. The Hall–Kier alpha value is -1.67. The average molecular weight is 469 g/mol. The molecule has 4 aliphatic carbocycles. The van der Waals surface area contributed by atoms with Crippen LogP contribution in [0.25, 0.3) is 0 Å². The molecule has 4 aliphatic rings. The molecule has 0 aliphatic heterocycles. The third kappa shape index (κ3) is 2.59. The summed E-state index contributed by atoms with van der Waals surface area (Å²) in [6, 6.07) is 0. The van der Waals surface area contributed by atoms with Gasteiger partial charge in [0.05, 0.1) is 13.2 Å². The summed E-state index contributed by atoms with van der Waals surface area (Å²) in [5.41, 5.74) is -5.88. The first-order valence-electron chi connectivity index (χ1n) is 11.0. The van der Waals surface area contributed by atoms with Gasteiger partial charge in [-0.1, -0.05) is 19.9 Å². The third-order valence-corrected chi connectivity index (χ3v) is 9.43. The lowest BCUT2D eigenvalue weighted by Gasteiger charge is -2.63. The fourth-order valence-corrected chi connectivity index (χ4v) is 8.07. The van der Waals surface area contributed by atoms with Crippen molar-refractivity contribution in [2.45, 2.75) is 70.5 Å². The molecule has 8 heteroatoms. The fraction of sp³-hybridized carbons (Fsp3) is 0.708. The van der Waals surface area contributed by atoms with E-state index in [1.54, 1.807) is 6.92 Å². The lowest BCUT2D eigenvalue weighted by molar-refractivity contribution is -0.221. The highest BCUT2D eigenvalue weighted by molar-refractivity contribution is 7.80. The number of carbonyl (C=O) groups excluding carboxylic acids is 2. The number of methoxy groups -OCH3 is 1. The van der Waals surface area contributed by atoms with Crippen molar-refractivity contribution in [3.8, 4) is 0 Å². The molecule has 176 valence electrons. The Bertz CT molecular complexity index is 949. The van der Waals surface area contributed by atoms with Gasteiger partial charge in [-0.05, 0) is 62.0 Å². The maximum Gasteiger partial charge on any atom is 0.303 e. The van der Waals surface area contributed by atoms with E-state index in [2.05, 4.69) is 0 Å². The monoisotopic (exact) mass is 468 g/mol. The molecule has 0 aromatic carbocycles. The zero-order chi connectivity index (χ0) is 23.9. The molecule has 9 atom stereocenters. The molecule has 0 spiro atoms. The van der Waals surface area contributed by atoms with Crippen molar-refractivity contribution in [2.24, 2.45) is 28.6 Å². The minimum atomic E-state index is -2.19. The van der Waals surface area contributed by atoms with Crippen molar-refractivity contribution in [2.75, 3.05) is 7.11 Å². The van der Waals surface area contributed by atoms with Gasteiger partial charge >= 0.3 is 5.97 Å². The Balaban J connectivity index is 1.89. The fourth-order valence-electron chi connectivity index (χ4n) is 7.60. The number of fused-ring (bicyclic) bond motifs is 5. The third-order valence-electron chi connectivity index (χ3n) is 8.96. The first-order valence-corrected chi connectivity index (χ1v) is 11.4. The van der Waals surface area contributed by atoms with E-state index >= 15 is 8.78 Å². The van der Waals surface area contributed by atoms with Crippen molar-refractivity contribution in [1.82, 2.24) is 0 Å². The van der Waals surface area contributed by atoms with Crippen LogP contribution in [0.4, 0.5) is 8.78 Å². The second-order valence-electron chi connectivity index (χ2n) is 10.3. The Labute approximate surface area is 192 Å². The minimum absolute atomic E-state index is 0.0482. The number of ether oxygens (including phenoxy) is 2. The zero-order valence-corrected chi connectivity index (χ0v) is 19.8. The number of rotatable bonds is 2. The molecule has 3 saturated carbocycles.